The Labute approximate surface area is 129 Å². The molecule has 1 aromatic rings. The standard InChI is InChI=1S/C14H19NO6S/c1-4-10-7-5-6-8(2)11(10)15-13(22(19,20)21)12(16)9(3)14(17)18/h5-7,9,13,15H,4H2,1-3H3,(H,17,18)(H,19,20,21)/t9-,13+/m0/s1. The number of hydrogen-bond acceptors (Lipinski definition) is 5. The number of anilines is 1. The molecule has 0 unspecified atom stereocenters. The first-order chi connectivity index (χ1) is 10.1. The van der Waals surface area contributed by atoms with Crippen molar-refractivity contribution in [3.8, 4) is 0 Å². The number of carboxylic acids is 1. The van der Waals surface area contributed by atoms with E-state index >= 15 is 0 Å². The molecule has 0 radical (unpaired) electrons. The predicted molar refractivity (Wildman–Crippen MR) is 81.3 cm³/mol. The van der Waals surface area contributed by atoms with Crippen LogP contribution in [0, 0.1) is 12.8 Å². The van der Waals surface area contributed by atoms with Gasteiger partial charge in [0.15, 0.2) is 5.78 Å². The lowest BCUT2D eigenvalue weighted by atomic mass is 10.0. The van der Waals surface area contributed by atoms with Crippen molar-refractivity contribution >= 4 is 27.6 Å². The van der Waals surface area contributed by atoms with E-state index in [0.29, 0.717) is 17.7 Å². The van der Waals surface area contributed by atoms with E-state index in [1.807, 2.05) is 6.92 Å². The summed E-state index contributed by atoms with van der Waals surface area (Å²) in [5.74, 6) is -4.14. The molecular formula is C14H19NO6S. The van der Waals surface area contributed by atoms with Gasteiger partial charge in [-0.2, -0.15) is 8.42 Å². The topological polar surface area (TPSA) is 121 Å². The third kappa shape index (κ3) is 4.05. The number of ketones is 1. The van der Waals surface area contributed by atoms with Crippen molar-refractivity contribution < 1.29 is 27.7 Å². The van der Waals surface area contributed by atoms with Crippen LogP contribution in [-0.4, -0.2) is 35.2 Å². The lowest BCUT2D eigenvalue weighted by molar-refractivity contribution is -0.145. The van der Waals surface area contributed by atoms with Gasteiger partial charge < -0.3 is 10.4 Å². The van der Waals surface area contributed by atoms with Gasteiger partial charge in [0.1, 0.15) is 5.92 Å². The maximum absolute atomic E-state index is 12.1. The number of rotatable bonds is 7. The van der Waals surface area contributed by atoms with Crippen LogP contribution in [0.25, 0.3) is 0 Å². The van der Waals surface area contributed by atoms with Crippen LogP contribution in [0.15, 0.2) is 18.2 Å². The molecule has 0 aromatic heterocycles. The number of para-hydroxylation sites is 1. The molecule has 0 heterocycles. The molecule has 122 valence electrons. The quantitative estimate of drug-likeness (QED) is 0.511. The number of Topliss-reactive ketones (excluding diaryl/α,β-unsaturated/α-hetero) is 1. The van der Waals surface area contributed by atoms with Gasteiger partial charge in [-0.05, 0) is 31.4 Å². The molecule has 0 fully saturated rings. The van der Waals surface area contributed by atoms with Crippen LogP contribution in [0.2, 0.25) is 0 Å². The molecule has 2 atom stereocenters. The minimum absolute atomic E-state index is 0.401. The Morgan fingerprint density at radius 1 is 1.32 bits per heavy atom. The molecule has 1 rings (SSSR count). The highest BCUT2D eigenvalue weighted by molar-refractivity contribution is 7.87. The van der Waals surface area contributed by atoms with E-state index in [9.17, 15) is 22.6 Å². The second-order valence-corrected chi connectivity index (χ2v) is 6.47. The molecule has 0 bridgehead atoms. The van der Waals surface area contributed by atoms with Gasteiger partial charge >= 0.3 is 5.97 Å². The smallest absolute Gasteiger partial charge is 0.313 e. The normalized spacial score (nSPS) is 14.2. The number of carbonyl (C=O) groups excluding carboxylic acids is 1. The van der Waals surface area contributed by atoms with Crippen molar-refractivity contribution in [2.45, 2.75) is 32.6 Å². The minimum atomic E-state index is -4.81. The summed E-state index contributed by atoms with van der Waals surface area (Å²) in [4.78, 5) is 23.0. The van der Waals surface area contributed by atoms with Crippen molar-refractivity contribution in [2.24, 2.45) is 5.92 Å². The Kier molecular flexibility index (Phi) is 5.67. The summed E-state index contributed by atoms with van der Waals surface area (Å²) < 4.78 is 32.3. The Morgan fingerprint density at radius 3 is 2.36 bits per heavy atom. The van der Waals surface area contributed by atoms with Gasteiger partial charge in [-0.3, -0.25) is 14.1 Å². The number of benzene rings is 1. The molecule has 1 aromatic carbocycles. The van der Waals surface area contributed by atoms with E-state index in [0.717, 1.165) is 12.5 Å². The average molecular weight is 329 g/mol. The molecule has 22 heavy (non-hydrogen) atoms. The fourth-order valence-corrected chi connectivity index (χ4v) is 2.77. The molecule has 0 saturated carbocycles. The van der Waals surface area contributed by atoms with Crippen LogP contribution >= 0.6 is 0 Å². The van der Waals surface area contributed by atoms with E-state index in [2.05, 4.69) is 5.32 Å². The van der Waals surface area contributed by atoms with Gasteiger partial charge in [0.2, 0.25) is 5.37 Å². The van der Waals surface area contributed by atoms with E-state index in [-0.39, 0.29) is 0 Å². The van der Waals surface area contributed by atoms with Crippen LogP contribution in [0.1, 0.15) is 25.0 Å². The summed E-state index contributed by atoms with van der Waals surface area (Å²) in [5, 5.41) is 9.33. The maximum atomic E-state index is 12.1. The molecule has 7 nitrogen and oxygen atoms in total. The number of carbonyl (C=O) groups is 2. The third-order valence-electron chi connectivity index (χ3n) is 3.37. The molecule has 0 aliphatic heterocycles. The van der Waals surface area contributed by atoms with Crippen molar-refractivity contribution in [1.82, 2.24) is 0 Å². The number of carboxylic acid groups (broad SMARTS) is 1. The van der Waals surface area contributed by atoms with Crippen molar-refractivity contribution in [1.29, 1.82) is 0 Å². The van der Waals surface area contributed by atoms with Crippen molar-refractivity contribution in [3.63, 3.8) is 0 Å². The number of hydrogen-bond donors (Lipinski definition) is 3. The summed E-state index contributed by atoms with van der Waals surface area (Å²) in [6, 6.07) is 5.25. The zero-order chi connectivity index (χ0) is 17.1. The lowest BCUT2D eigenvalue weighted by Crippen LogP contribution is -2.42. The minimum Gasteiger partial charge on any atom is -0.481 e. The Bertz CT molecular complexity index is 683. The van der Waals surface area contributed by atoms with E-state index < -0.39 is 33.2 Å². The molecular weight excluding hydrogens is 310 g/mol. The SMILES string of the molecule is CCc1cccc(C)c1N[C@@H](C(=O)[C@H](C)C(=O)O)S(=O)(=O)O. The summed E-state index contributed by atoms with van der Waals surface area (Å²) in [5.41, 5.74) is 1.84. The molecule has 8 heteroatoms. The Hall–Kier alpha value is -1.93. The number of nitrogens with one attached hydrogen (secondary N) is 1. The second kappa shape index (κ2) is 6.89. The Balaban J connectivity index is 3.28. The van der Waals surface area contributed by atoms with E-state index in [1.54, 1.807) is 25.1 Å². The van der Waals surface area contributed by atoms with Gasteiger partial charge in [0.05, 0.1) is 0 Å². The first kappa shape index (κ1) is 18.1. The highest BCUT2D eigenvalue weighted by atomic mass is 32.2. The zero-order valence-corrected chi connectivity index (χ0v) is 13.3. The average Bonchev–Trinajstić information content (AvgIpc) is 2.42. The van der Waals surface area contributed by atoms with Gasteiger partial charge in [-0.1, -0.05) is 25.1 Å². The fourth-order valence-electron chi connectivity index (χ4n) is 2.00. The monoisotopic (exact) mass is 329 g/mol. The second-order valence-electron chi connectivity index (χ2n) is 4.96. The molecule has 0 saturated heterocycles. The fraction of sp³-hybridized carbons (Fsp3) is 0.429. The van der Waals surface area contributed by atoms with Crippen LogP contribution in [-0.2, 0) is 26.1 Å². The van der Waals surface area contributed by atoms with Crippen LogP contribution < -0.4 is 5.32 Å². The molecule has 0 aliphatic carbocycles. The molecule has 0 amide bonds. The number of aliphatic carboxylic acids is 1. The van der Waals surface area contributed by atoms with Crippen molar-refractivity contribution in [3.05, 3.63) is 29.3 Å². The van der Waals surface area contributed by atoms with Crippen LogP contribution in [0.4, 0.5) is 5.69 Å². The Morgan fingerprint density at radius 2 is 1.91 bits per heavy atom. The van der Waals surface area contributed by atoms with Gasteiger partial charge in [0, 0.05) is 5.69 Å². The summed E-state index contributed by atoms with van der Waals surface area (Å²) in [7, 11) is -4.81. The molecule has 0 aliphatic rings. The van der Waals surface area contributed by atoms with Crippen molar-refractivity contribution in [2.75, 3.05) is 5.32 Å². The van der Waals surface area contributed by atoms with Crippen LogP contribution in [0.5, 0.6) is 0 Å². The van der Waals surface area contributed by atoms with E-state index in [1.165, 1.54) is 0 Å². The third-order valence-corrected chi connectivity index (χ3v) is 4.31. The zero-order valence-electron chi connectivity index (χ0n) is 12.5. The summed E-state index contributed by atoms with van der Waals surface area (Å²) >= 11 is 0. The summed E-state index contributed by atoms with van der Waals surface area (Å²) in [6.07, 6.45) is 0.574. The van der Waals surface area contributed by atoms with Crippen LogP contribution in [0.3, 0.4) is 0 Å². The highest BCUT2D eigenvalue weighted by Gasteiger charge is 2.37. The largest absolute Gasteiger partial charge is 0.481 e. The van der Waals surface area contributed by atoms with E-state index in [4.69, 9.17) is 5.11 Å². The molecule has 0 spiro atoms. The highest BCUT2D eigenvalue weighted by Crippen LogP contribution is 2.24. The lowest BCUT2D eigenvalue weighted by Gasteiger charge is -2.21. The first-order valence-corrected chi connectivity index (χ1v) is 8.17. The van der Waals surface area contributed by atoms with Gasteiger partial charge in [-0.25, -0.2) is 0 Å². The van der Waals surface area contributed by atoms with Gasteiger partial charge in [0.25, 0.3) is 10.1 Å². The van der Waals surface area contributed by atoms with Gasteiger partial charge in [-0.15, -0.1) is 0 Å². The number of aryl methyl sites for hydroxylation is 2. The predicted octanol–water partition coefficient (Wildman–Crippen LogP) is 1.47. The first-order valence-electron chi connectivity index (χ1n) is 6.67. The summed E-state index contributed by atoms with van der Waals surface area (Å²) in [6.45, 7) is 4.64. The molecule has 3 N–H and O–H groups in total. The maximum Gasteiger partial charge on any atom is 0.313 e.